The van der Waals surface area contributed by atoms with Crippen LogP contribution in [0.1, 0.15) is 47.3 Å². The number of H-pyrrole nitrogens is 1. The molecule has 40 heavy (non-hydrogen) atoms. The Morgan fingerprint density at radius 2 is 1.73 bits per heavy atom. The van der Waals surface area contributed by atoms with Crippen LogP contribution in [0.2, 0.25) is 0 Å². The second kappa shape index (κ2) is 11.6. The van der Waals surface area contributed by atoms with E-state index in [-0.39, 0.29) is 34.6 Å². The first-order chi connectivity index (χ1) is 19.3. The third-order valence-electron chi connectivity index (χ3n) is 7.46. The minimum absolute atomic E-state index is 0.0591. The minimum atomic E-state index is -0.624. The molecule has 1 saturated carbocycles. The predicted molar refractivity (Wildman–Crippen MR) is 149 cm³/mol. The molecule has 0 unspecified atom stereocenters. The van der Waals surface area contributed by atoms with E-state index in [2.05, 4.69) is 20.8 Å². The SMILES string of the molecule is Nc1cc(F)ccc1NC(=O)C1CCC(CNC(=O)c2cc(Cc3n[nH]c(=O)c4ccccc34)ccc2F)CC1. The van der Waals surface area contributed by atoms with Gasteiger partial charge in [0.15, 0.2) is 0 Å². The molecule has 1 aliphatic rings. The topological polar surface area (TPSA) is 130 Å². The first-order valence-electron chi connectivity index (χ1n) is 13.2. The Kier molecular flexibility index (Phi) is 7.86. The highest BCUT2D eigenvalue weighted by atomic mass is 19.1. The van der Waals surface area contributed by atoms with Crippen molar-refractivity contribution in [2.24, 2.45) is 11.8 Å². The van der Waals surface area contributed by atoms with Gasteiger partial charge in [-0.2, -0.15) is 5.10 Å². The van der Waals surface area contributed by atoms with E-state index in [4.69, 9.17) is 5.73 Å². The molecule has 10 heteroatoms. The number of rotatable bonds is 7. The maximum absolute atomic E-state index is 14.6. The first-order valence-corrected chi connectivity index (χ1v) is 13.2. The lowest BCUT2D eigenvalue weighted by Gasteiger charge is -2.28. The molecular formula is C30H29F2N5O3. The average Bonchev–Trinajstić information content (AvgIpc) is 2.96. The number of nitrogen functional groups attached to an aromatic ring is 1. The van der Waals surface area contributed by atoms with Gasteiger partial charge in [0.2, 0.25) is 5.91 Å². The number of hydrogen-bond donors (Lipinski definition) is 4. The monoisotopic (exact) mass is 545 g/mol. The molecule has 0 saturated heterocycles. The highest BCUT2D eigenvalue weighted by Crippen LogP contribution is 2.30. The lowest BCUT2D eigenvalue weighted by atomic mass is 9.81. The number of aromatic nitrogens is 2. The average molecular weight is 546 g/mol. The van der Waals surface area contributed by atoms with Crippen molar-refractivity contribution >= 4 is 34.0 Å². The Bertz CT molecular complexity index is 1630. The highest BCUT2D eigenvalue weighted by Gasteiger charge is 2.27. The molecule has 0 radical (unpaired) electrons. The molecule has 8 nitrogen and oxygen atoms in total. The number of hydrogen-bond acceptors (Lipinski definition) is 5. The summed E-state index contributed by atoms with van der Waals surface area (Å²) >= 11 is 0. The summed E-state index contributed by atoms with van der Waals surface area (Å²) in [5, 5.41) is 13.5. The van der Waals surface area contributed by atoms with Crippen LogP contribution in [0.4, 0.5) is 20.2 Å². The zero-order valence-corrected chi connectivity index (χ0v) is 21.7. The molecule has 0 spiro atoms. The van der Waals surface area contributed by atoms with Gasteiger partial charge in [-0.05, 0) is 73.6 Å². The Labute approximate surface area is 229 Å². The number of nitrogens with one attached hydrogen (secondary N) is 3. The van der Waals surface area contributed by atoms with E-state index in [0.29, 0.717) is 53.5 Å². The first kappa shape index (κ1) is 27.0. The van der Waals surface area contributed by atoms with E-state index >= 15 is 0 Å². The molecule has 0 aliphatic heterocycles. The molecule has 0 bridgehead atoms. The van der Waals surface area contributed by atoms with Gasteiger partial charge in [-0.25, -0.2) is 13.9 Å². The van der Waals surface area contributed by atoms with E-state index in [9.17, 15) is 23.2 Å². The van der Waals surface area contributed by atoms with Crippen LogP contribution in [0, 0.1) is 23.5 Å². The summed E-state index contributed by atoms with van der Waals surface area (Å²) in [6.45, 7) is 0.369. The number of carbonyl (C=O) groups is 2. The predicted octanol–water partition coefficient (Wildman–Crippen LogP) is 4.55. The van der Waals surface area contributed by atoms with Crippen molar-refractivity contribution in [1.82, 2.24) is 15.5 Å². The van der Waals surface area contributed by atoms with Gasteiger partial charge in [0.25, 0.3) is 11.5 Å². The van der Waals surface area contributed by atoms with Crippen LogP contribution in [-0.4, -0.2) is 28.6 Å². The molecule has 1 heterocycles. The van der Waals surface area contributed by atoms with Gasteiger partial charge in [-0.1, -0.05) is 24.3 Å². The summed E-state index contributed by atoms with van der Waals surface area (Å²) in [5.41, 5.74) is 7.30. The van der Waals surface area contributed by atoms with Gasteiger partial charge in [0.05, 0.1) is 28.0 Å². The number of carbonyl (C=O) groups excluding carboxylic acids is 2. The molecular weight excluding hydrogens is 516 g/mol. The number of nitrogens with two attached hydrogens (primary N) is 1. The van der Waals surface area contributed by atoms with E-state index in [1.807, 2.05) is 6.07 Å². The van der Waals surface area contributed by atoms with Gasteiger partial charge >= 0.3 is 0 Å². The summed E-state index contributed by atoms with van der Waals surface area (Å²) in [7, 11) is 0. The van der Waals surface area contributed by atoms with Crippen LogP contribution in [0.5, 0.6) is 0 Å². The van der Waals surface area contributed by atoms with Crippen molar-refractivity contribution < 1.29 is 18.4 Å². The molecule has 3 aromatic carbocycles. The van der Waals surface area contributed by atoms with E-state index < -0.39 is 17.5 Å². The van der Waals surface area contributed by atoms with Crippen molar-refractivity contribution in [3.05, 3.63) is 99.5 Å². The lowest BCUT2D eigenvalue weighted by molar-refractivity contribution is -0.121. The fourth-order valence-corrected chi connectivity index (χ4v) is 5.20. The third kappa shape index (κ3) is 6.01. The largest absolute Gasteiger partial charge is 0.397 e. The van der Waals surface area contributed by atoms with Crippen LogP contribution in [0.25, 0.3) is 10.8 Å². The van der Waals surface area contributed by atoms with Crippen molar-refractivity contribution in [3.8, 4) is 0 Å². The highest BCUT2D eigenvalue weighted by molar-refractivity contribution is 5.96. The van der Waals surface area contributed by atoms with Crippen LogP contribution < -0.4 is 21.9 Å². The van der Waals surface area contributed by atoms with Gasteiger partial charge < -0.3 is 16.4 Å². The zero-order valence-electron chi connectivity index (χ0n) is 21.7. The maximum Gasteiger partial charge on any atom is 0.272 e. The molecule has 0 atom stereocenters. The molecule has 2 amide bonds. The molecule has 206 valence electrons. The summed E-state index contributed by atoms with van der Waals surface area (Å²) in [4.78, 5) is 37.6. The molecule has 5 N–H and O–H groups in total. The zero-order chi connectivity index (χ0) is 28.2. The molecule has 1 aliphatic carbocycles. The van der Waals surface area contributed by atoms with Crippen molar-refractivity contribution in [2.45, 2.75) is 32.1 Å². The van der Waals surface area contributed by atoms with Crippen molar-refractivity contribution in [2.75, 3.05) is 17.6 Å². The Hall–Kier alpha value is -4.60. The minimum Gasteiger partial charge on any atom is -0.397 e. The second-order valence-electron chi connectivity index (χ2n) is 10.2. The number of anilines is 2. The van der Waals surface area contributed by atoms with E-state index in [1.54, 1.807) is 24.3 Å². The van der Waals surface area contributed by atoms with Crippen LogP contribution in [0.15, 0.2) is 65.5 Å². The fourth-order valence-electron chi connectivity index (χ4n) is 5.20. The standard InChI is InChI=1S/C30H29F2N5O3/c31-20-10-12-26(25(33)15-20)35-28(38)19-8-5-17(6-9-19)16-34-29(39)23-13-18(7-11-24(23)32)14-27-21-3-1-2-4-22(21)30(40)37-36-27/h1-4,7,10-13,15,17,19H,5-6,8-9,14,16,33H2,(H,34,39)(H,35,38)(H,37,40). The Balaban J connectivity index is 1.16. The van der Waals surface area contributed by atoms with Crippen LogP contribution in [-0.2, 0) is 11.2 Å². The van der Waals surface area contributed by atoms with Crippen LogP contribution >= 0.6 is 0 Å². The third-order valence-corrected chi connectivity index (χ3v) is 7.46. The quantitative estimate of drug-likeness (QED) is 0.253. The number of amides is 2. The number of halogens is 2. The fraction of sp³-hybridized carbons (Fsp3) is 0.267. The summed E-state index contributed by atoms with van der Waals surface area (Å²) in [6.07, 6.45) is 3.04. The number of aromatic amines is 1. The van der Waals surface area contributed by atoms with Gasteiger partial charge in [0, 0.05) is 24.3 Å². The summed E-state index contributed by atoms with van der Waals surface area (Å²) in [5.74, 6) is -1.81. The molecule has 5 rings (SSSR count). The van der Waals surface area contributed by atoms with E-state index in [1.165, 1.54) is 24.3 Å². The maximum atomic E-state index is 14.6. The van der Waals surface area contributed by atoms with Gasteiger partial charge in [-0.3, -0.25) is 14.4 Å². The molecule has 1 aromatic heterocycles. The number of nitrogens with zero attached hydrogens (tertiary/aromatic N) is 1. The van der Waals surface area contributed by atoms with Crippen molar-refractivity contribution in [3.63, 3.8) is 0 Å². The van der Waals surface area contributed by atoms with Crippen molar-refractivity contribution in [1.29, 1.82) is 0 Å². The van der Waals surface area contributed by atoms with E-state index in [0.717, 1.165) is 18.9 Å². The van der Waals surface area contributed by atoms with Gasteiger partial charge in [0.1, 0.15) is 11.6 Å². The Morgan fingerprint density at radius 3 is 2.48 bits per heavy atom. The molecule has 4 aromatic rings. The molecule has 1 fully saturated rings. The smallest absolute Gasteiger partial charge is 0.272 e. The normalized spacial score (nSPS) is 16.9. The number of benzene rings is 3. The lowest BCUT2D eigenvalue weighted by Crippen LogP contribution is -2.34. The second-order valence-corrected chi connectivity index (χ2v) is 10.2. The Morgan fingerprint density at radius 1 is 0.975 bits per heavy atom. The van der Waals surface area contributed by atoms with Gasteiger partial charge in [-0.15, -0.1) is 0 Å². The summed E-state index contributed by atoms with van der Waals surface area (Å²) in [6, 6.07) is 15.3. The number of fused-ring (bicyclic) bond motifs is 1. The summed E-state index contributed by atoms with van der Waals surface area (Å²) < 4.78 is 27.9. The van der Waals surface area contributed by atoms with Crippen LogP contribution in [0.3, 0.4) is 0 Å².